The molecule has 1 amide bonds. The molecule has 3 rings (SSSR count). The Labute approximate surface area is 114 Å². The fraction of sp³-hybridized carbons (Fsp3) is 0.562. The van der Waals surface area contributed by atoms with Gasteiger partial charge in [0.1, 0.15) is 0 Å². The van der Waals surface area contributed by atoms with E-state index in [4.69, 9.17) is 5.73 Å². The maximum Gasteiger partial charge on any atom is 0.232 e. The minimum Gasteiger partial charge on any atom is -0.399 e. The minimum absolute atomic E-state index is 0.143. The Morgan fingerprint density at radius 1 is 1.26 bits per heavy atom. The monoisotopic (exact) mass is 258 g/mol. The number of nitrogens with zero attached hydrogens (tertiary/aromatic N) is 1. The van der Waals surface area contributed by atoms with E-state index >= 15 is 0 Å². The molecule has 1 saturated carbocycles. The van der Waals surface area contributed by atoms with Gasteiger partial charge in [-0.3, -0.25) is 4.79 Å². The van der Waals surface area contributed by atoms with Crippen LogP contribution in [0.1, 0.15) is 44.6 Å². The molecule has 2 aliphatic rings. The highest BCUT2D eigenvalue weighted by Gasteiger charge is 2.40. The maximum absolute atomic E-state index is 12.9. The van der Waals surface area contributed by atoms with Gasteiger partial charge in [-0.2, -0.15) is 0 Å². The van der Waals surface area contributed by atoms with Crippen LogP contribution in [0.25, 0.3) is 0 Å². The van der Waals surface area contributed by atoms with Crippen molar-refractivity contribution in [3.05, 3.63) is 23.8 Å². The summed E-state index contributed by atoms with van der Waals surface area (Å²) in [4.78, 5) is 14.9. The first-order valence-electron chi connectivity index (χ1n) is 7.30. The zero-order chi connectivity index (χ0) is 13.5. The highest BCUT2D eigenvalue weighted by molar-refractivity contribution is 5.98. The predicted molar refractivity (Wildman–Crippen MR) is 78.1 cm³/mol. The van der Waals surface area contributed by atoms with Crippen LogP contribution in [-0.4, -0.2) is 12.5 Å². The molecule has 102 valence electrons. The molecule has 1 aromatic rings. The average Bonchev–Trinajstić information content (AvgIpc) is 2.85. The van der Waals surface area contributed by atoms with Crippen molar-refractivity contribution in [3.63, 3.8) is 0 Å². The Bertz CT molecular complexity index is 503. The van der Waals surface area contributed by atoms with Gasteiger partial charge in [0.25, 0.3) is 0 Å². The van der Waals surface area contributed by atoms with Crippen molar-refractivity contribution in [2.45, 2.75) is 45.4 Å². The number of fused-ring (bicyclic) bond motifs is 1. The Hall–Kier alpha value is -1.51. The third kappa shape index (κ3) is 2.11. The first-order valence-corrected chi connectivity index (χ1v) is 7.30. The topological polar surface area (TPSA) is 46.3 Å². The lowest BCUT2D eigenvalue weighted by atomic mass is 9.86. The molecule has 1 aliphatic carbocycles. The van der Waals surface area contributed by atoms with Crippen LogP contribution in [0.3, 0.4) is 0 Å². The molecule has 0 unspecified atom stereocenters. The summed E-state index contributed by atoms with van der Waals surface area (Å²) in [5.41, 5.74) is 8.80. The smallest absolute Gasteiger partial charge is 0.232 e. The average molecular weight is 258 g/mol. The van der Waals surface area contributed by atoms with Crippen molar-refractivity contribution in [1.82, 2.24) is 0 Å². The lowest BCUT2D eigenvalue weighted by Crippen LogP contribution is -2.43. The number of anilines is 2. The summed E-state index contributed by atoms with van der Waals surface area (Å²) in [7, 11) is 0. The number of benzene rings is 1. The van der Waals surface area contributed by atoms with Crippen molar-refractivity contribution in [2.75, 3.05) is 17.2 Å². The van der Waals surface area contributed by atoms with Crippen molar-refractivity contribution in [3.8, 4) is 0 Å². The number of rotatable bonds is 1. The van der Waals surface area contributed by atoms with E-state index < -0.39 is 0 Å². The van der Waals surface area contributed by atoms with E-state index in [2.05, 4.69) is 6.92 Å². The van der Waals surface area contributed by atoms with Crippen LogP contribution in [0, 0.1) is 5.41 Å². The van der Waals surface area contributed by atoms with Gasteiger partial charge in [-0.05, 0) is 49.4 Å². The fourth-order valence-electron chi connectivity index (χ4n) is 3.52. The standard InChI is InChI=1S/C16H22N2O/c1-16(8-2-3-9-16)15(19)18-10-4-5-12-11-13(17)6-7-14(12)18/h6-7,11H,2-5,8-10,17H2,1H3. The van der Waals surface area contributed by atoms with E-state index in [0.717, 1.165) is 43.6 Å². The summed E-state index contributed by atoms with van der Waals surface area (Å²) in [6, 6.07) is 5.94. The number of hydrogen-bond donors (Lipinski definition) is 1. The molecule has 1 aromatic carbocycles. The molecular weight excluding hydrogens is 236 g/mol. The van der Waals surface area contributed by atoms with E-state index in [1.807, 2.05) is 23.1 Å². The Morgan fingerprint density at radius 2 is 2.00 bits per heavy atom. The summed E-state index contributed by atoms with van der Waals surface area (Å²) >= 11 is 0. The lowest BCUT2D eigenvalue weighted by Gasteiger charge is -2.35. The van der Waals surface area contributed by atoms with Crippen molar-refractivity contribution in [1.29, 1.82) is 0 Å². The Morgan fingerprint density at radius 3 is 2.74 bits per heavy atom. The van der Waals surface area contributed by atoms with Gasteiger partial charge in [0.2, 0.25) is 5.91 Å². The van der Waals surface area contributed by atoms with E-state index in [1.165, 1.54) is 18.4 Å². The van der Waals surface area contributed by atoms with Gasteiger partial charge in [0.15, 0.2) is 0 Å². The summed E-state index contributed by atoms with van der Waals surface area (Å²) in [6.07, 6.45) is 6.51. The fourth-order valence-corrected chi connectivity index (χ4v) is 3.52. The SMILES string of the molecule is CC1(C(=O)N2CCCc3cc(N)ccc32)CCCC1. The molecule has 0 saturated heterocycles. The van der Waals surface area contributed by atoms with E-state index in [-0.39, 0.29) is 5.41 Å². The molecule has 3 nitrogen and oxygen atoms in total. The molecule has 0 aromatic heterocycles. The van der Waals surface area contributed by atoms with E-state index in [9.17, 15) is 4.79 Å². The quantitative estimate of drug-likeness (QED) is 0.787. The highest BCUT2D eigenvalue weighted by Crippen LogP contribution is 2.41. The molecule has 0 radical (unpaired) electrons. The number of carbonyl (C=O) groups is 1. The van der Waals surface area contributed by atoms with Crippen LogP contribution >= 0.6 is 0 Å². The minimum atomic E-state index is -0.143. The molecule has 3 heteroatoms. The second-order valence-corrected chi connectivity index (χ2v) is 6.22. The number of hydrogen-bond acceptors (Lipinski definition) is 2. The van der Waals surface area contributed by atoms with Crippen LogP contribution in [-0.2, 0) is 11.2 Å². The van der Waals surface area contributed by atoms with Crippen molar-refractivity contribution < 1.29 is 4.79 Å². The van der Waals surface area contributed by atoms with Crippen molar-refractivity contribution in [2.24, 2.45) is 5.41 Å². The Kier molecular flexibility index (Phi) is 3.00. The second-order valence-electron chi connectivity index (χ2n) is 6.22. The highest BCUT2D eigenvalue weighted by atomic mass is 16.2. The van der Waals surface area contributed by atoms with Crippen molar-refractivity contribution >= 4 is 17.3 Å². The zero-order valence-corrected chi connectivity index (χ0v) is 11.6. The number of nitrogens with two attached hydrogens (primary N) is 1. The number of aryl methyl sites for hydroxylation is 1. The largest absolute Gasteiger partial charge is 0.399 e. The summed E-state index contributed by atoms with van der Waals surface area (Å²) in [5.74, 6) is 0.315. The molecule has 1 aliphatic heterocycles. The molecule has 0 spiro atoms. The molecule has 19 heavy (non-hydrogen) atoms. The van der Waals surface area contributed by atoms with Gasteiger partial charge < -0.3 is 10.6 Å². The number of nitrogen functional groups attached to an aromatic ring is 1. The summed E-state index contributed by atoms with van der Waals surface area (Å²) in [5, 5.41) is 0. The third-order valence-corrected chi connectivity index (χ3v) is 4.69. The van der Waals surface area contributed by atoms with Gasteiger partial charge in [-0.15, -0.1) is 0 Å². The van der Waals surface area contributed by atoms with Crippen LogP contribution in [0.5, 0.6) is 0 Å². The zero-order valence-electron chi connectivity index (χ0n) is 11.6. The second kappa shape index (κ2) is 4.55. The molecule has 0 atom stereocenters. The lowest BCUT2D eigenvalue weighted by molar-refractivity contribution is -0.127. The third-order valence-electron chi connectivity index (χ3n) is 4.69. The van der Waals surface area contributed by atoms with Gasteiger partial charge >= 0.3 is 0 Å². The molecule has 0 bridgehead atoms. The molecule has 2 N–H and O–H groups in total. The van der Waals surface area contributed by atoms with Gasteiger partial charge in [-0.25, -0.2) is 0 Å². The molecular formula is C16H22N2O. The van der Waals surface area contributed by atoms with Gasteiger partial charge in [-0.1, -0.05) is 19.8 Å². The predicted octanol–water partition coefficient (Wildman–Crippen LogP) is 3.13. The number of amides is 1. The first-order chi connectivity index (χ1) is 9.10. The first kappa shape index (κ1) is 12.5. The maximum atomic E-state index is 12.9. The van der Waals surface area contributed by atoms with Crippen LogP contribution in [0.2, 0.25) is 0 Å². The van der Waals surface area contributed by atoms with Crippen LogP contribution in [0.4, 0.5) is 11.4 Å². The van der Waals surface area contributed by atoms with E-state index in [1.54, 1.807) is 0 Å². The van der Waals surface area contributed by atoms with Gasteiger partial charge in [0, 0.05) is 23.3 Å². The number of carbonyl (C=O) groups excluding carboxylic acids is 1. The van der Waals surface area contributed by atoms with E-state index in [0.29, 0.717) is 5.91 Å². The van der Waals surface area contributed by atoms with Crippen LogP contribution in [0.15, 0.2) is 18.2 Å². The summed E-state index contributed by atoms with van der Waals surface area (Å²) < 4.78 is 0. The Balaban J connectivity index is 1.93. The normalized spacial score (nSPS) is 21.2. The van der Waals surface area contributed by atoms with Crippen LogP contribution < -0.4 is 10.6 Å². The summed E-state index contributed by atoms with van der Waals surface area (Å²) in [6.45, 7) is 2.99. The van der Waals surface area contributed by atoms with Gasteiger partial charge in [0.05, 0.1) is 0 Å². The molecule has 1 fully saturated rings. The molecule has 1 heterocycles.